The van der Waals surface area contributed by atoms with Crippen LogP contribution in [-0.2, 0) is 0 Å². The molecule has 0 aliphatic carbocycles. The van der Waals surface area contributed by atoms with Gasteiger partial charge in [0.2, 0.25) is 0 Å². The first kappa shape index (κ1) is 7.37. The lowest BCUT2D eigenvalue weighted by atomic mass is 10.4. The van der Waals surface area contributed by atoms with Crippen LogP contribution in [0.2, 0.25) is 0 Å². The lowest BCUT2D eigenvalue weighted by molar-refractivity contribution is 0.670. The van der Waals surface area contributed by atoms with Crippen LogP contribution in [0.15, 0.2) is 24.6 Å². The highest BCUT2D eigenvalue weighted by atomic mass is 19.1. The maximum absolute atomic E-state index is 11.7. The monoisotopic (exact) mass is 115 g/mol. The Hall–Kier alpha value is -0.630. The normalized spacial score (nSPS) is 10.2. The third-order valence-corrected chi connectivity index (χ3v) is 0.621. The topological polar surface area (TPSA) is 12.0 Å². The molecule has 0 radical (unpaired) electrons. The van der Waals surface area contributed by atoms with E-state index in [0.717, 1.165) is 0 Å². The highest BCUT2D eigenvalue weighted by Crippen LogP contribution is 1.90. The van der Waals surface area contributed by atoms with E-state index in [1.54, 1.807) is 13.1 Å². The summed E-state index contributed by atoms with van der Waals surface area (Å²) in [6, 6.07) is 0. The van der Waals surface area contributed by atoms with E-state index in [0.29, 0.717) is 6.54 Å². The zero-order valence-electron chi connectivity index (χ0n) is 4.95. The van der Waals surface area contributed by atoms with Crippen LogP contribution in [0.4, 0.5) is 4.39 Å². The minimum Gasteiger partial charge on any atom is -0.316 e. The van der Waals surface area contributed by atoms with Gasteiger partial charge in [-0.2, -0.15) is 0 Å². The summed E-state index contributed by atoms with van der Waals surface area (Å²) in [5.74, 6) is -0.403. The predicted octanol–water partition coefficient (Wildman–Crippen LogP) is 1.25. The van der Waals surface area contributed by atoms with E-state index in [-0.39, 0.29) is 0 Å². The average Bonchev–Trinajstić information content (AvgIpc) is 1.66. The van der Waals surface area contributed by atoms with Crippen molar-refractivity contribution in [1.29, 1.82) is 0 Å². The third-order valence-electron chi connectivity index (χ3n) is 0.621. The Morgan fingerprint density at radius 1 is 1.88 bits per heavy atom. The van der Waals surface area contributed by atoms with Gasteiger partial charge < -0.3 is 5.32 Å². The van der Waals surface area contributed by atoms with Crippen LogP contribution >= 0.6 is 0 Å². The van der Waals surface area contributed by atoms with Gasteiger partial charge in [0.05, 0.1) is 0 Å². The summed E-state index contributed by atoms with van der Waals surface area (Å²) >= 11 is 0. The molecule has 0 saturated carbocycles. The van der Waals surface area contributed by atoms with E-state index in [1.165, 1.54) is 6.08 Å². The minimum absolute atomic E-state index is 0.403. The third kappa shape index (κ3) is 5.37. The van der Waals surface area contributed by atoms with Gasteiger partial charge in [-0.05, 0) is 13.1 Å². The van der Waals surface area contributed by atoms with E-state index in [1.807, 2.05) is 0 Å². The zero-order chi connectivity index (χ0) is 6.41. The van der Waals surface area contributed by atoms with Crippen molar-refractivity contribution in [3.63, 3.8) is 0 Å². The molecule has 0 amide bonds. The highest BCUT2D eigenvalue weighted by molar-refractivity contribution is 5.05. The van der Waals surface area contributed by atoms with E-state index in [2.05, 4.69) is 11.9 Å². The first-order valence-corrected chi connectivity index (χ1v) is 2.43. The smallest absolute Gasteiger partial charge is 0.115 e. The van der Waals surface area contributed by atoms with Crippen LogP contribution in [0.25, 0.3) is 0 Å². The molecule has 0 heterocycles. The summed E-state index contributed by atoms with van der Waals surface area (Å²) < 4.78 is 11.7. The Morgan fingerprint density at radius 3 is 2.88 bits per heavy atom. The number of likely N-dealkylation sites (N-methyl/N-ethyl adjacent to an activating group) is 1. The van der Waals surface area contributed by atoms with E-state index >= 15 is 0 Å². The van der Waals surface area contributed by atoms with Crippen molar-refractivity contribution in [3.8, 4) is 0 Å². The van der Waals surface area contributed by atoms with Crippen LogP contribution in [0.5, 0.6) is 0 Å². The van der Waals surface area contributed by atoms with Gasteiger partial charge in [0.25, 0.3) is 0 Å². The first-order valence-electron chi connectivity index (χ1n) is 2.43. The summed E-state index contributed by atoms with van der Waals surface area (Å²) in [6.45, 7) is 3.73. The lowest BCUT2D eigenvalue weighted by Gasteiger charge is -1.84. The Bertz CT molecular complexity index is 96.7. The number of halogens is 1. The number of rotatable bonds is 3. The van der Waals surface area contributed by atoms with Crippen LogP contribution in [0.3, 0.4) is 0 Å². The molecular formula is C6H10FN. The molecule has 0 saturated heterocycles. The SMILES string of the molecule is C=C(F)/C=C\CNC. The molecule has 8 heavy (non-hydrogen) atoms. The standard InChI is InChI=1S/C6H10FN/c1-6(7)4-3-5-8-2/h3-4,8H,1,5H2,2H3/b4-3-. The predicted molar refractivity (Wildman–Crippen MR) is 33.3 cm³/mol. The number of hydrogen-bond acceptors (Lipinski definition) is 1. The van der Waals surface area contributed by atoms with Crippen LogP contribution < -0.4 is 5.32 Å². The van der Waals surface area contributed by atoms with Gasteiger partial charge in [-0.25, -0.2) is 4.39 Å². The molecule has 0 spiro atoms. The van der Waals surface area contributed by atoms with Gasteiger partial charge in [0.15, 0.2) is 0 Å². The molecular weight excluding hydrogens is 105 g/mol. The number of allylic oxidation sites excluding steroid dienone is 2. The van der Waals surface area contributed by atoms with Crippen LogP contribution in [-0.4, -0.2) is 13.6 Å². The van der Waals surface area contributed by atoms with Crippen LogP contribution in [0.1, 0.15) is 0 Å². The van der Waals surface area contributed by atoms with Gasteiger partial charge >= 0.3 is 0 Å². The molecule has 0 fully saturated rings. The molecule has 0 rings (SSSR count). The summed E-state index contributed by atoms with van der Waals surface area (Å²) in [4.78, 5) is 0. The Balaban J connectivity index is 3.20. The van der Waals surface area contributed by atoms with E-state index < -0.39 is 5.83 Å². The molecule has 0 aliphatic rings. The van der Waals surface area contributed by atoms with Gasteiger partial charge in [-0.1, -0.05) is 12.7 Å². The van der Waals surface area contributed by atoms with Gasteiger partial charge in [-0.15, -0.1) is 0 Å². The van der Waals surface area contributed by atoms with E-state index in [9.17, 15) is 4.39 Å². The quantitative estimate of drug-likeness (QED) is 0.546. The summed E-state index contributed by atoms with van der Waals surface area (Å²) in [5.41, 5.74) is 0. The molecule has 0 atom stereocenters. The molecule has 46 valence electrons. The maximum Gasteiger partial charge on any atom is 0.115 e. The molecule has 0 aromatic rings. The molecule has 0 aromatic heterocycles. The fraction of sp³-hybridized carbons (Fsp3) is 0.333. The fourth-order valence-corrected chi connectivity index (χ4v) is 0.305. The lowest BCUT2D eigenvalue weighted by Crippen LogP contribution is -2.03. The van der Waals surface area contributed by atoms with Crippen LogP contribution in [0, 0.1) is 0 Å². The van der Waals surface area contributed by atoms with Crippen molar-refractivity contribution in [1.82, 2.24) is 5.32 Å². The molecule has 1 N–H and O–H groups in total. The van der Waals surface area contributed by atoms with Gasteiger partial charge in [0, 0.05) is 6.54 Å². The van der Waals surface area contributed by atoms with Crippen molar-refractivity contribution >= 4 is 0 Å². The number of hydrogen-bond donors (Lipinski definition) is 1. The second-order valence-electron chi connectivity index (χ2n) is 1.41. The van der Waals surface area contributed by atoms with Gasteiger partial charge in [-0.3, -0.25) is 0 Å². The van der Waals surface area contributed by atoms with Crippen molar-refractivity contribution in [3.05, 3.63) is 24.6 Å². The zero-order valence-corrected chi connectivity index (χ0v) is 4.95. The molecule has 0 bridgehead atoms. The van der Waals surface area contributed by atoms with Crippen molar-refractivity contribution in [2.75, 3.05) is 13.6 Å². The summed E-state index contributed by atoms with van der Waals surface area (Å²) in [7, 11) is 1.80. The molecule has 0 unspecified atom stereocenters. The molecule has 0 aliphatic heterocycles. The van der Waals surface area contributed by atoms with Crippen molar-refractivity contribution < 1.29 is 4.39 Å². The molecule has 0 aromatic carbocycles. The first-order chi connectivity index (χ1) is 3.77. The largest absolute Gasteiger partial charge is 0.316 e. The van der Waals surface area contributed by atoms with E-state index in [4.69, 9.17) is 0 Å². The summed E-state index contributed by atoms with van der Waals surface area (Å²) in [5, 5.41) is 2.83. The minimum atomic E-state index is -0.403. The summed E-state index contributed by atoms with van der Waals surface area (Å²) in [6.07, 6.45) is 3.00. The molecule has 1 nitrogen and oxygen atoms in total. The Labute approximate surface area is 48.9 Å². The van der Waals surface area contributed by atoms with Gasteiger partial charge in [0.1, 0.15) is 5.83 Å². The highest BCUT2D eigenvalue weighted by Gasteiger charge is 1.75. The second-order valence-corrected chi connectivity index (χ2v) is 1.41. The molecule has 2 heteroatoms. The fourth-order valence-electron chi connectivity index (χ4n) is 0.305. The van der Waals surface area contributed by atoms with Crippen molar-refractivity contribution in [2.24, 2.45) is 0 Å². The maximum atomic E-state index is 11.7. The Kier molecular flexibility index (Phi) is 4.17. The Morgan fingerprint density at radius 2 is 2.50 bits per heavy atom. The average molecular weight is 115 g/mol. The number of nitrogens with one attached hydrogen (secondary N) is 1. The van der Waals surface area contributed by atoms with Crippen molar-refractivity contribution in [2.45, 2.75) is 0 Å². The second kappa shape index (κ2) is 4.53.